The molecule has 0 aromatic heterocycles. The van der Waals surface area contributed by atoms with Crippen molar-refractivity contribution in [1.82, 2.24) is 0 Å². The lowest BCUT2D eigenvalue weighted by atomic mass is 10.2. The molecule has 0 fully saturated rings. The zero-order valence-corrected chi connectivity index (χ0v) is 8.79. The molecule has 2 N–H and O–H groups in total. The predicted octanol–water partition coefficient (Wildman–Crippen LogP) is 0.310. The molecule has 1 aromatic rings. The molecular formula is C7H6ClNO5S-2. The van der Waals surface area contributed by atoms with Crippen molar-refractivity contribution in [3.05, 3.63) is 29.8 Å². The highest BCUT2D eigenvalue weighted by Crippen LogP contribution is 2.07. The Morgan fingerprint density at radius 3 is 1.80 bits per heavy atom. The van der Waals surface area contributed by atoms with Crippen molar-refractivity contribution < 1.29 is 22.3 Å². The fraction of sp³-hybridized carbons (Fsp3) is 0. The average Bonchev–Trinajstić information content (AvgIpc) is 2.01. The van der Waals surface area contributed by atoms with Gasteiger partial charge >= 0.3 is 0 Å². The van der Waals surface area contributed by atoms with Crippen LogP contribution in [0.15, 0.2) is 24.3 Å². The molecule has 0 aliphatic rings. The van der Waals surface area contributed by atoms with Crippen molar-refractivity contribution in [2.75, 3.05) is 5.73 Å². The fourth-order valence-electron chi connectivity index (χ4n) is 0.614. The summed E-state index contributed by atoms with van der Waals surface area (Å²) in [6, 6.07) is 6.44. The summed E-state index contributed by atoms with van der Waals surface area (Å²) >= 11 is 5.18. The first-order chi connectivity index (χ1) is 6.70. The number of nitrogens with two attached hydrogens (primary N) is 1. The zero-order chi connectivity index (χ0) is 12.1. The zero-order valence-electron chi connectivity index (χ0n) is 7.21. The van der Waals surface area contributed by atoms with Crippen LogP contribution in [0.3, 0.4) is 0 Å². The molecule has 1 rings (SSSR count). The van der Waals surface area contributed by atoms with Gasteiger partial charge in [0.2, 0.25) is 0 Å². The lowest BCUT2D eigenvalue weighted by Crippen LogP contribution is -1.91. The molecule has 15 heavy (non-hydrogen) atoms. The van der Waals surface area contributed by atoms with Crippen molar-refractivity contribution in [3.8, 4) is 0 Å². The molecule has 0 amide bonds. The molecule has 8 heteroatoms. The molecule has 0 unspecified atom stereocenters. The van der Waals surface area contributed by atoms with Gasteiger partial charge in [-0.1, -0.05) is 0 Å². The van der Waals surface area contributed by atoms with Gasteiger partial charge in [-0.05, 0) is 35.9 Å². The largest absolute Gasteiger partial charge is 0.759 e. The molecule has 0 saturated heterocycles. The third kappa shape index (κ3) is 9.16. The summed E-state index contributed by atoms with van der Waals surface area (Å²) in [5.74, 6) is 0. The van der Waals surface area contributed by atoms with Crippen molar-refractivity contribution in [2.24, 2.45) is 0 Å². The molecule has 0 aliphatic heterocycles. The lowest BCUT2D eigenvalue weighted by molar-refractivity contribution is 0.108. The summed E-state index contributed by atoms with van der Waals surface area (Å²) in [5.41, 5.74) is 6.47. The highest BCUT2D eigenvalue weighted by molar-refractivity contribution is 7.79. The van der Waals surface area contributed by atoms with Crippen molar-refractivity contribution >= 4 is 32.9 Å². The van der Waals surface area contributed by atoms with E-state index in [0.717, 1.165) is 0 Å². The van der Waals surface area contributed by atoms with E-state index in [-0.39, 0.29) is 0 Å². The van der Waals surface area contributed by atoms with Crippen LogP contribution in [-0.4, -0.2) is 22.8 Å². The topological polar surface area (TPSA) is 123 Å². The molecule has 84 valence electrons. The second-order valence-electron chi connectivity index (χ2n) is 2.30. The fourth-order valence-corrected chi connectivity index (χ4v) is 0.740. The van der Waals surface area contributed by atoms with E-state index in [9.17, 15) is 4.79 Å². The summed E-state index contributed by atoms with van der Waals surface area (Å²) in [4.78, 5) is 10.5. The maximum atomic E-state index is 10.5. The Hall–Kier alpha value is -1.15. The number of anilines is 1. The highest BCUT2D eigenvalue weighted by Gasteiger charge is 1.98. The van der Waals surface area contributed by atoms with E-state index >= 15 is 0 Å². The maximum Gasteiger partial charge on any atom is 0.252 e. The first-order valence-corrected chi connectivity index (χ1v) is 5.13. The molecule has 0 spiro atoms. The van der Waals surface area contributed by atoms with E-state index in [2.05, 4.69) is 0 Å². The molecule has 0 bridgehead atoms. The number of hydrogen-bond donors (Lipinski definition) is 1. The minimum absolute atomic E-state index is 0.458. The first-order valence-electron chi connectivity index (χ1n) is 3.42. The lowest BCUT2D eigenvalue weighted by Gasteiger charge is -2.06. The minimum Gasteiger partial charge on any atom is -0.759 e. The number of rotatable bonds is 1. The summed E-state index contributed by atoms with van der Waals surface area (Å²) in [7, 11) is -5.17. The van der Waals surface area contributed by atoms with Crippen LogP contribution in [0.25, 0.3) is 0 Å². The van der Waals surface area contributed by atoms with Crippen LogP contribution < -0.4 is 5.73 Å². The van der Waals surface area contributed by atoms with Gasteiger partial charge in [-0.15, -0.1) is 0 Å². The van der Waals surface area contributed by atoms with Crippen LogP contribution in [0.4, 0.5) is 5.69 Å². The molecule has 0 aliphatic carbocycles. The van der Waals surface area contributed by atoms with E-state index in [0.29, 0.717) is 11.3 Å². The van der Waals surface area contributed by atoms with Crippen LogP contribution in [-0.2, 0) is 10.4 Å². The van der Waals surface area contributed by atoms with Gasteiger partial charge in [0, 0.05) is 21.6 Å². The molecule has 0 atom stereocenters. The number of benzene rings is 1. The van der Waals surface area contributed by atoms with Gasteiger partial charge in [-0.3, -0.25) is 13.2 Å². The Labute approximate surface area is 91.2 Å². The van der Waals surface area contributed by atoms with E-state index in [1.165, 1.54) is 0 Å². The maximum absolute atomic E-state index is 10.5. The van der Waals surface area contributed by atoms with Gasteiger partial charge < -0.3 is 14.8 Å². The van der Waals surface area contributed by atoms with Gasteiger partial charge in [0.15, 0.2) is 0 Å². The number of carbonyl (C=O) groups excluding carboxylic acids is 1. The Morgan fingerprint density at radius 2 is 1.53 bits per heavy atom. The number of carbonyl (C=O) groups is 1. The number of hydrogen-bond acceptors (Lipinski definition) is 6. The smallest absolute Gasteiger partial charge is 0.252 e. The first kappa shape index (κ1) is 13.8. The van der Waals surface area contributed by atoms with E-state index in [1.807, 2.05) is 0 Å². The molecule has 0 radical (unpaired) electrons. The van der Waals surface area contributed by atoms with Gasteiger partial charge in [-0.25, -0.2) is 0 Å². The van der Waals surface area contributed by atoms with Crippen LogP contribution in [0.2, 0.25) is 0 Å². The third-order valence-corrected chi connectivity index (χ3v) is 1.36. The van der Waals surface area contributed by atoms with Crippen LogP contribution in [0.1, 0.15) is 10.4 Å². The van der Waals surface area contributed by atoms with Crippen molar-refractivity contribution in [1.29, 1.82) is 0 Å². The van der Waals surface area contributed by atoms with E-state index < -0.39 is 15.6 Å². The SMILES string of the molecule is Nc1ccc(C(=O)Cl)cc1.O=S(=O)([O-])[O-]. The second-order valence-corrected chi connectivity index (χ2v) is 3.46. The normalized spacial score (nSPS) is 10.1. The average molecular weight is 252 g/mol. The highest BCUT2D eigenvalue weighted by atomic mass is 35.5. The van der Waals surface area contributed by atoms with E-state index in [4.69, 9.17) is 34.9 Å². The quantitative estimate of drug-likeness (QED) is 0.331. The summed E-state index contributed by atoms with van der Waals surface area (Å²) in [5, 5.41) is -0.458. The van der Waals surface area contributed by atoms with E-state index in [1.54, 1.807) is 24.3 Å². The second kappa shape index (κ2) is 5.66. The molecule has 0 saturated carbocycles. The third-order valence-electron chi connectivity index (χ3n) is 1.14. The van der Waals surface area contributed by atoms with Gasteiger partial charge in [0.25, 0.3) is 5.24 Å². The minimum atomic E-state index is -5.17. The summed E-state index contributed by atoms with van der Waals surface area (Å²) in [6.07, 6.45) is 0. The van der Waals surface area contributed by atoms with Gasteiger partial charge in [-0.2, -0.15) is 0 Å². The standard InChI is InChI=1S/C7H6ClNO.H2O4S/c8-7(10)5-1-3-6(9)4-2-5;1-5(2,3)4/h1-4H,9H2;(H2,1,2,3,4)/p-2. The van der Waals surface area contributed by atoms with Crippen LogP contribution >= 0.6 is 11.6 Å². The van der Waals surface area contributed by atoms with Crippen LogP contribution in [0, 0.1) is 0 Å². The van der Waals surface area contributed by atoms with Crippen LogP contribution in [0.5, 0.6) is 0 Å². The van der Waals surface area contributed by atoms with Gasteiger partial charge in [0.1, 0.15) is 0 Å². The molecule has 0 heterocycles. The molecular weight excluding hydrogens is 246 g/mol. The molecule has 6 nitrogen and oxygen atoms in total. The Morgan fingerprint density at radius 1 is 1.20 bits per heavy atom. The Balaban J connectivity index is 0.000000336. The van der Waals surface area contributed by atoms with Crippen molar-refractivity contribution in [2.45, 2.75) is 0 Å². The monoisotopic (exact) mass is 251 g/mol. The Kier molecular flexibility index (Phi) is 5.23. The van der Waals surface area contributed by atoms with Gasteiger partial charge in [0.05, 0.1) is 0 Å². The Bertz CT molecular complexity index is 419. The summed E-state index contributed by atoms with van der Waals surface area (Å²) in [6.45, 7) is 0. The number of halogens is 1. The predicted molar refractivity (Wildman–Crippen MR) is 51.5 cm³/mol. The van der Waals surface area contributed by atoms with Crippen molar-refractivity contribution in [3.63, 3.8) is 0 Å². The summed E-state index contributed by atoms with van der Waals surface area (Å²) < 4.78 is 34.1. The molecule has 1 aromatic carbocycles. The number of nitrogen functional groups attached to an aromatic ring is 1.